The lowest BCUT2D eigenvalue weighted by Crippen LogP contribution is -2.39. The van der Waals surface area contributed by atoms with Crippen LogP contribution in [-0.4, -0.2) is 58.2 Å². The van der Waals surface area contributed by atoms with Crippen LogP contribution in [0, 0.1) is 0 Å². The van der Waals surface area contributed by atoms with E-state index in [1.807, 2.05) is 12.1 Å². The third-order valence-corrected chi connectivity index (χ3v) is 3.90. The van der Waals surface area contributed by atoms with E-state index in [1.165, 1.54) is 10.8 Å². The summed E-state index contributed by atoms with van der Waals surface area (Å²) in [5.74, 6) is 1.77. The molecule has 144 valence electrons. The number of ether oxygens (including phenoxy) is 1. The monoisotopic (exact) mass is 470 g/mol. The van der Waals surface area contributed by atoms with Crippen molar-refractivity contribution < 1.29 is 4.74 Å². The quantitative estimate of drug-likeness (QED) is 0.256. The van der Waals surface area contributed by atoms with Gasteiger partial charge in [-0.2, -0.15) is 0 Å². The van der Waals surface area contributed by atoms with Crippen LogP contribution in [0.4, 0.5) is 0 Å². The van der Waals surface area contributed by atoms with Gasteiger partial charge in [-0.15, -0.1) is 24.0 Å². The van der Waals surface area contributed by atoms with Crippen molar-refractivity contribution in [3.8, 4) is 5.75 Å². The van der Waals surface area contributed by atoms with Crippen LogP contribution >= 0.6 is 24.0 Å². The molecule has 26 heavy (non-hydrogen) atoms. The fraction of sp³-hybridized carbons (Fsp3) is 0.450. The molecule has 0 aliphatic carbocycles. The second kappa shape index (κ2) is 12.8. The molecule has 0 spiro atoms. The highest BCUT2D eigenvalue weighted by Crippen LogP contribution is 2.20. The number of aliphatic imine (C=N–C) groups is 1. The fourth-order valence-corrected chi connectivity index (χ4v) is 2.55. The molecular weight excluding hydrogens is 439 g/mol. The SMILES string of the molecule is CN=C(NCCCOc1ccc2ccccc2c1)NCCCN(C)C.I. The van der Waals surface area contributed by atoms with E-state index in [-0.39, 0.29) is 24.0 Å². The summed E-state index contributed by atoms with van der Waals surface area (Å²) in [6.07, 6.45) is 2.02. The molecule has 0 radical (unpaired) electrons. The molecule has 2 aromatic carbocycles. The van der Waals surface area contributed by atoms with Crippen molar-refractivity contribution >= 4 is 40.7 Å². The predicted octanol–water partition coefficient (Wildman–Crippen LogP) is 3.34. The number of benzene rings is 2. The topological polar surface area (TPSA) is 48.9 Å². The number of guanidine groups is 1. The Labute approximate surface area is 174 Å². The van der Waals surface area contributed by atoms with Crippen molar-refractivity contribution in [2.45, 2.75) is 12.8 Å². The second-order valence-corrected chi connectivity index (χ2v) is 6.29. The number of halogens is 1. The van der Waals surface area contributed by atoms with E-state index in [4.69, 9.17) is 4.74 Å². The summed E-state index contributed by atoms with van der Waals surface area (Å²) in [5.41, 5.74) is 0. The Morgan fingerprint density at radius 3 is 2.38 bits per heavy atom. The normalized spacial score (nSPS) is 11.3. The molecule has 5 nitrogen and oxygen atoms in total. The Balaban J connectivity index is 0.00000338. The standard InChI is InChI=1S/C20H30N4O.HI/c1-21-20(22-12-6-14-24(2)3)23-13-7-15-25-19-11-10-17-8-4-5-9-18(17)16-19;/h4-5,8-11,16H,6-7,12-15H2,1-3H3,(H2,21,22,23);1H. The Kier molecular flexibility index (Phi) is 11.0. The van der Waals surface area contributed by atoms with E-state index in [9.17, 15) is 0 Å². The number of nitrogens with one attached hydrogen (secondary N) is 2. The number of rotatable bonds is 9. The van der Waals surface area contributed by atoms with E-state index in [2.05, 4.69) is 65.0 Å². The molecule has 0 amide bonds. The van der Waals surface area contributed by atoms with Crippen LogP contribution in [-0.2, 0) is 0 Å². The summed E-state index contributed by atoms with van der Waals surface area (Å²) in [7, 11) is 5.97. The lowest BCUT2D eigenvalue weighted by Gasteiger charge is -2.13. The Morgan fingerprint density at radius 1 is 1.00 bits per heavy atom. The van der Waals surface area contributed by atoms with E-state index in [0.717, 1.165) is 44.2 Å². The van der Waals surface area contributed by atoms with Gasteiger partial charge in [0.25, 0.3) is 0 Å². The molecule has 2 rings (SSSR count). The largest absolute Gasteiger partial charge is 0.494 e. The number of nitrogens with zero attached hydrogens (tertiary/aromatic N) is 2. The lowest BCUT2D eigenvalue weighted by molar-refractivity contribution is 0.311. The minimum Gasteiger partial charge on any atom is -0.494 e. The summed E-state index contributed by atoms with van der Waals surface area (Å²) in [6, 6.07) is 14.5. The Hall–Kier alpha value is -1.54. The summed E-state index contributed by atoms with van der Waals surface area (Å²) in [4.78, 5) is 6.42. The van der Waals surface area contributed by atoms with Crippen molar-refractivity contribution in [1.29, 1.82) is 0 Å². The molecule has 6 heteroatoms. The highest BCUT2D eigenvalue weighted by molar-refractivity contribution is 14.0. The third kappa shape index (κ3) is 8.23. The number of fused-ring (bicyclic) bond motifs is 1. The fourth-order valence-electron chi connectivity index (χ4n) is 2.55. The van der Waals surface area contributed by atoms with Crippen molar-refractivity contribution in [2.75, 3.05) is 47.4 Å². The van der Waals surface area contributed by atoms with E-state index in [1.54, 1.807) is 7.05 Å². The van der Waals surface area contributed by atoms with Crippen LogP contribution < -0.4 is 15.4 Å². The molecule has 0 saturated heterocycles. The highest BCUT2D eigenvalue weighted by Gasteiger charge is 1.99. The smallest absolute Gasteiger partial charge is 0.190 e. The zero-order valence-electron chi connectivity index (χ0n) is 16.0. The first-order valence-corrected chi connectivity index (χ1v) is 8.90. The average molecular weight is 470 g/mol. The van der Waals surface area contributed by atoms with Gasteiger partial charge < -0.3 is 20.3 Å². The van der Waals surface area contributed by atoms with E-state index < -0.39 is 0 Å². The molecule has 0 saturated carbocycles. The third-order valence-electron chi connectivity index (χ3n) is 3.90. The van der Waals surface area contributed by atoms with Crippen LogP contribution in [0.15, 0.2) is 47.5 Å². The molecule has 0 heterocycles. The van der Waals surface area contributed by atoms with Crippen molar-refractivity contribution in [3.63, 3.8) is 0 Å². The van der Waals surface area contributed by atoms with E-state index >= 15 is 0 Å². The minimum absolute atomic E-state index is 0. The van der Waals surface area contributed by atoms with Crippen LogP contribution in [0.25, 0.3) is 10.8 Å². The maximum Gasteiger partial charge on any atom is 0.190 e. The maximum absolute atomic E-state index is 5.85. The van der Waals surface area contributed by atoms with Gasteiger partial charge in [0.05, 0.1) is 6.61 Å². The van der Waals surface area contributed by atoms with Crippen molar-refractivity contribution in [3.05, 3.63) is 42.5 Å². The molecule has 0 aliphatic heterocycles. The molecule has 2 N–H and O–H groups in total. The van der Waals surface area contributed by atoms with Gasteiger partial charge >= 0.3 is 0 Å². The minimum atomic E-state index is 0. The molecule has 2 aromatic rings. The van der Waals surface area contributed by atoms with Crippen molar-refractivity contribution in [1.82, 2.24) is 15.5 Å². The molecule has 0 fully saturated rings. The average Bonchev–Trinajstić information content (AvgIpc) is 2.62. The zero-order valence-corrected chi connectivity index (χ0v) is 18.3. The van der Waals surface area contributed by atoms with Crippen LogP contribution in [0.3, 0.4) is 0 Å². The van der Waals surface area contributed by atoms with Gasteiger partial charge in [0.2, 0.25) is 0 Å². The zero-order chi connectivity index (χ0) is 17.9. The van der Waals surface area contributed by atoms with Gasteiger partial charge in [0.15, 0.2) is 5.96 Å². The molecule has 0 aromatic heterocycles. The van der Waals surface area contributed by atoms with Gasteiger partial charge in [0, 0.05) is 20.1 Å². The number of hydrogen-bond acceptors (Lipinski definition) is 3. The van der Waals surface area contributed by atoms with Gasteiger partial charge in [0.1, 0.15) is 5.75 Å². The van der Waals surface area contributed by atoms with Gasteiger partial charge in [-0.25, -0.2) is 0 Å². The van der Waals surface area contributed by atoms with Crippen LogP contribution in [0.5, 0.6) is 5.75 Å². The first-order chi connectivity index (χ1) is 12.2. The molecule has 0 aliphatic rings. The lowest BCUT2D eigenvalue weighted by atomic mass is 10.1. The second-order valence-electron chi connectivity index (χ2n) is 6.29. The van der Waals surface area contributed by atoms with Crippen LogP contribution in [0.1, 0.15) is 12.8 Å². The molecule has 0 unspecified atom stereocenters. The summed E-state index contributed by atoms with van der Waals surface area (Å²) < 4.78 is 5.85. The Bertz CT molecular complexity index is 676. The van der Waals surface area contributed by atoms with Crippen LogP contribution in [0.2, 0.25) is 0 Å². The highest BCUT2D eigenvalue weighted by atomic mass is 127. The summed E-state index contributed by atoms with van der Waals surface area (Å²) in [6.45, 7) is 3.51. The number of hydrogen-bond donors (Lipinski definition) is 2. The summed E-state index contributed by atoms with van der Waals surface area (Å²) >= 11 is 0. The van der Waals surface area contributed by atoms with Gasteiger partial charge in [-0.3, -0.25) is 4.99 Å². The molecule has 0 atom stereocenters. The van der Waals surface area contributed by atoms with Gasteiger partial charge in [-0.1, -0.05) is 30.3 Å². The van der Waals surface area contributed by atoms with E-state index in [0.29, 0.717) is 6.61 Å². The van der Waals surface area contributed by atoms with Crippen molar-refractivity contribution in [2.24, 2.45) is 4.99 Å². The molecular formula is C20H31IN4O. The Morgan fingerprint density at radius 2 is 1.69 bits per heavy atom. The first-order valence-electron chi connectivity index (χ1n) is 8.90. The predicted molar refractivity (Wildman–Crippen MR) is 122 cm³/mol. The summed E-state index contributed by atoms with van der Waals surface area (Å²) in [5, 5.41) is 9.09. The first kappa shape index (κ1) is 22.5. The maximum atomic E-state index is 5.85. The van der Waals surface area contributed by atoms with Gasteiger partial charge in [-0.05, 0) is 56.4 Å². The molecule has 0 bridgehead atoms.